The number of nitrogens with zero attached hydrogens (tertiary/aromatic N) is 3. The summed E-state index contributed by atoms with van der Waals surface area (Å²) in [6.07, 6.45) is 1.66. The Hall–Kier alpha value is -3.50. The van der Waals surface area contributed by atoms with Crippen LogP contribution in [0, 0.1) is 5.82 Å². The van der Waals surface area contributed by atoms with E-state index in [4.69, 9.17) is 17.3 Å². The average molecular weight is 516 g/mol. The van der Waals surface area contributed by atoms with Crippen LogP contribution in [-0.2, 0) is 22.7 Å². The zero-order valence-electron chi connectivity index (χ0n) is 19.5. The van der Waals surface area contributed by atoms with Crippen molar-refractivity contribution in [3.63, 3.8) is 0 Å². The van der Waals surface area contributed by atoms with Gasteiger partial charge in [0.2, 0.25) is 11.8 Å². The lowest BCUT2D eigenvalue weighted by atomic mass is 9.92. The van der Waals surface area contributed by atoms with Crippen LogP contribution in [0.15, 0.2) is 42.5 Å². The molecular formula is C25H27ClFN5O4. The number of hydrogen-bond donors (Lipinski definition) is 3. The number of benzene rings is 2. The van der Waals surface area contributed by atoms with Crippen LogP contribution >= 0.6 is 11.6 Å². The van der Waals surface area contributed by atoms with Crippen LogP contribution in [0.5, 0.6) is 0 Å². The number of halogens is 2. The van der Waals surface area contributed by atoms with Gasteiger partial charge in [-0.05, 0) is 37.8 Å². The molecule has 1 fully saturated rings. The first kappa shape index (κ1) is 25.6. The number of carbonyl (C=O) groups excluding carboxylic acids is 3. The molecule has 4 N–H and O–H groups in total. The number of aromatic nitrogens is 2. The number of aliphatic hydroxyl groups excluding tert-OH is 1. The van der Waals surface area contributed by atoms with Gasteiger partial charge in [-0.1, -0.05) is 41.9 Å². The monoisotopic (exact) mass is 515 g/mol. The molecule has 36 heavy (non-hydrogen) atoms. The zero-order valence-corrected chi connectivity index (χ0v) is 20.2. The number of fused-ring (bicyclic) bond motifs is 1. The predicted octanol–water partition coefficient (Wildman–Crippen LogP) is 2.38. The SMILES string of the molecule is NC(=O)c1nn(CC(=O)N(CC(=O)NCc2cccc(Cl)c2F)C2CCC(O)CC2)c2ccccc12. The minimum Gasteiger partial charge on any atom is -0.393 e. The Kier molecular flexibility index (Phi) is 7.85. The first-order valence-electron chi connectivity index (χ1n) is 11.7. The highest BCUT2D eigenvalue weighted by atomic mass is 35.5. The van der Waals surface area contributed by atoms with Crippen LogP contribution in [0.4, 0.5) is 4.39 Å². The lowest BCUT2D eigenvalue weighted by Gasteiger charge is -2.35. The van der Waals surface area contributed by atoms with Crippen molar-refractivity contribution in [3.05, 3.63) is 64.6 Å². The van der Waals surface area contributed by atoms with Gasteiger partial charge in [0.05, 0.1) is 23.2 Å². The summed E-state index contributed by atoms with van der Waals surface area (Å²) in [5.74, 6) is -2.14. The second-order valence-electron chi connectivity index (χ2n) is 8.86. The molecule has 0 unspecified atom stereocenters. The normalized spacial score (nSPS) is 17.6. The summed E-state index contributed by atoms with van der Waals surface area (Å²) in [6, 6.07) is 11.2. The van der Waals surface area contributed by atoms with Gasteiger partial charge in [-0.15, -0.1) is 0 Å². The molecule has 1 saturated carbocycles. The molecule has 0 aliphatic heterocycles. The molecule has 3 aromatic rings. The van der Waals surface area contributed by atoms with Crippen LogP contribution in [0.25, 0.3) is 10.9 Å². The Morgan fingerprint density at radius 3 is 2.58 bits per heavy atom. The number of primary amides is 1. The largest absolute Gasteiger partial charge is 0.393 e. The van der Waals surface area contributed by atoms with E-state index in [0.717, 1.165) is 0 Å². The van der Waals surface area contributed by atoms with Gasteiger partial charge in [0.15, 0.2) is 5.69 Å². The molecule has 0 saturated heterocycles. The van der Waals surface area contributed by atoms with Gasteiger partial charge in [-0.3, -0.25) is 19.1 Å². The average Bonchev–Trinajstić information content (AvgIpc) is 3.23. The minimum absolute atomic E-state index is 0.0407. The Morgan fingerprint density at radius 1 is 1.14 bits per heavy atom. The number of amides is 3. The molecule has 0 atom stereocenters. The maximum absolute atomic E-state index is 14.2. The molecule has 0 radical (unpaired) electrons. The van der Waals surface area contributed by atoms with Gasteiger partial charge in [0, 0.05) is 23.5 Å². The van der Waals surface area contributed by atoms with E-state index >= 15 is 0 Å². The third-order valence-electron chi connectivity index (χ3n) is 6.43. The van der Waals surface area contributed by atoms with Gasteiger partial charge < -0.3 is 21.1 Å². The van der Waals surface area contributed by atoms with Gasteiger partial charge in [0.1, 0.15) is 12.4 Å². The van der Waals surface area contributed by atoms with Gasteiger partial charge in [-0.2, -0.15) is 5.10 Å². The number of rotatable bonds is 8. The number of nitrogens with one attached hydrogen (secondary N) is 1. The maximum atomic E-state index is 14.2. The summed E-state index contributed by atoms with van der Waals surface area (Å²) in [5, 5.41) is 17.3. The van der Waals surface area contributed by atoms with Crippen LogP contribution in [-0.4, -0.2) is 56.2 Å². The Morgan fingerprint density at radius 2 is 1.86 bits per heavy atom. The van der Waals surface area contributed by atoms with Crippen molar-refractivity contribution in [2.75, 3.05) is 6.54 Å². The van der Waals surface area contributed by atoms with E-state index in [1.165, 1.54) is 21.7 Å². The fourth-order valence-corrected chi connectivity index (χ4v) is 4.72. The van der Waals surface area contributed by atoms with E-state index in [9.17, 15) is 23.9 Å². The third-order valence-corrected chi connectivity index (χ3v) is 6.72. The predicted molar refractivity (Wildman–Crippen MR) is 131 cm³/mol. The second kappa shape index (κ2) is 11.0. The van der Waals surface area contributed by atoms with E-state index < -0.39 is 23.7 Å². The highest BCUT2D eigenvalue weighted by Crippen LogP contribution is 2.24. The molecule has 1 aromatic heterocycles. The van der Waals surface area contributed by atoms with E-state index in [0.29, 0.717) is 36.6 Å². The molecule has 2 aromatic carbocycles. The van der Waals surface area contributed by atoms with Crippen molar-refractivity contribution in [2.24, 2.45) is 5.73 Å². The van der Waals surface area contributed by atoms with Gasteiger partial charge in [0.25, 0.3) is 5.91 Å². The van der Waals surface area contributed by atoms with Crippen molar-refractivity contribution in [3.8, 4) is 0 Å². The summed E-state index contributed by atoms with van der Waals surface area (Å²) in [4.78, 5) is 39.6. The summed E-state index contributed by atoms with van der Waals surface area (Å²) in [7, 11) is 0. The van der Waals surface area contributed by atoms with Crippen LogP contribution in [0.2, 0.25) is 5.02 Å². The van der Waals surface area contributed by atoms with Crippen molar-refractivity contribution in [1.82, 2.24) is 20.0 Å². The Balaban J connectivity index is 1.52. The number of hydrogen-bond acceptors (Lipinski definition) is 5. The topological polar surface area (TPSA) is 131 Å². The van der Waals surface area contributed by atoms with E-state index in [1.807, 2.05) is 0 Å². The Labute approximate surface area is 212 Å². The first-order valence-corrected chi connectivity index (χ1v) is 12.0. The number of para-hydroxylation sites is 1. The lowest BCUT2D eigenvalue weighted by molar-refractivity contribution is -0.140. The van der Waals surface area contributed by atoms with Crippen LogP contribution < -0.4 is 11.1 Å². The molecule has 11 heteroatoms. The first-order chi connectivity index (χ1) is 17.2. The van der Waals surface area contributed by atoms with E-state index in [-0.39, 0.29) is 47.9 Å². The molecule has 190 valence electrons. The maximum Gasteiger partial charge on any atom is 0.269 e. The lowest BCUT2D eigenvalue weighted by Crippen LogP contribution is -2.49. The molecule has 9 nitrogen and oxygen atoms in total. The second-order valence-corrected chi connectivity index (χ2v) is 9.27. The van der Waals surface area contributed by atoms with Crippen LogP contribution in [0.1, 0.15) is 41.7 Å². The molecule has 1 aliphatic rings. The summed E-state index contributed by atoms with van der Waals surface area (Å²) >= 11 is 5.81. The molecule has 3 amide bonds. The minimum atomic E-state index is -0.705. The van der Waals surface area contributed by atoms with Crippen molar-refractivity contribution in [1.29, 1.82) is 0 Å². The number of nitrogens with two attached hydrogens (primary N) is 1. The fourth-order valence-electron chi connectivity index (χ4n) is 4.53. The fraction of sp³-hybridized carbons (Fsp3) is 0.360. The van der Waals surface area contributed by atoms with Crippen LogP contribution in [0.3, 0.4) is 0 Å². The molecule has 4 rings (SSSR count). The zero-order chi connectivity index (χ0) is 25.8. The molecule has 1 heterocycles. The van der Waals surface area contributed by atoms with Crippen molar-refractivity contribution < 1.29 is 23.9 Å². The highest BCUT2D eigenvalue weighted by molar-refractivity contribution is 6.30. The Bertz CT molecular complexity index is 1290. The summed E-state index contributed by atoms with van der Waals surface area (Å²) in [5.41, 5.74) is 6.32. The number of aliphatic hydroxyl groups is 1. The van der Waals surface area contributed by atoms with E-state index in [2.05, 4.69) is 10.4 Å². The third kappa shape index (κ3) is 5.66. The van der Waals surface area contributed by atoms with Crippen molar-refractivity contribution >= 4 is 40.2 Å². The summed E-state index contributed by atoms with van der Waals surface area (Å²) in [6.45, 7) is -0.533. The molecular weight excluding hydrogens is 489 g/mol. The molecule has 1 aliphatic carbocycles. The van der Waals surface area contributed by atoms with E-state index in [1.54, 1.807) is 30.3 Å². The van der Waals surface area contributed by atoms with Crippen molar-refractivity contribution in [2.45, 2.75) is 50.9 Å². The standard InChI is InChI=1S/C25H27ClFN5O4/c26-19-6-3-4-15(23(19)27)12-29-21(34)13-31(16-8-10-17(33)11-9-16)22(35)14-32-20-7-2-1-5-18(20)24(30-32)25(28)36/h1-7,16-17,33H,8-14H2,(H2,28,36)(H,29,34). The number of carbonyl (C=O) groups is 3. The highest BCUT2D eigenvalue weighted by Gasteiger charge is 2.30. The van der Waals surface area contributed by atoms with Gasteiger partial charge >= 0.3 is 0 Å². The molecule has 0 bridgehead atoms. The summed E-state index contributed by atoms with van der Waals surface area (Å²) < 4.78 is 15.6. The smallest absolute Gasteiger partial charge is 0.269 e. The van der Waals surface area contributed by atoms with Gasteiger partial charge in [-0.25, -0.2) is 4.39 Å². The molecule has 0 spiro atoms. The quantitative estimate of drug-likeness (QED) is 0.424.